The third-order valence-corrected chi connectivity index (χ3v) is 6.35. The van der Waals surface area contributed by atoms with E-state index >= 15 is 0 Å². The van der Waals surface area contributed by atoms with Crippen molar-refractivity contribution in [1.29, 1.82) is 0 Å². The van der Waals surface area contributed by atoms with Crippen LogP contribution in [0.2, 0.25) is 0 Å². The lowest BCUT2D eigenvalue weighted by Gasteiger charge is -2.25. The maximum absolute atomic E-state index is 13.1. The summed E-state index contributed by atoms with van der Waals surface area (Å²) < 4.78 is 7.68. The monoisotopic (exact) mass is 440 g/mol. The van der Waals surface area contributed by atoms with E-state index in [0.717, 1.165) is 40.9 Å². The van der Waals surface area contributed by atoms with Crippen LogP contribution in [0.25, 0.3) is 10.9 Å². The van der Waals surface area contributed by atoms with Crippen molar-refractivity contribution in [3.8, 4) is 0 Å². The van der Waals surface area contributed by atoms with Crippen molar-refractivity contribution in [3.63, 3.8) is 0 Å². The van der Waals surface area contributed by atoms with Crippen LogP contribution in [0.3, 0.4) is 0 Å². The Bertz CT molecular complexity index is 1040. The molecule has 0 spiro atoms. The largest absolute Gasteiger partial charge is 0.376 e. The fourth-order valence-electron chi connectivity index (χ4n) is 3.75. The Morgan fingerprint density at radius 1 is 1.26 bits per heavy atom. The molecular weight excluding hydrogens is 412 g/mol. The molecule has 3 amide bonds. The van der Waals surface area contributed by atoms with Crippen LogP contribution in [0, 0.1) is 0 Å². The van der Waals surface area contributed by atoms with Crippen molar-refractivity contribution in [2.75, 3.05) is 32.6 Å². The number of hydrogen-bond donors (Lipinski definition) is 1. The first-order valence-corrected chi connectivity index (χ1v) is 11.4. The van der Waals surface area contributed by atoms with Crippen molar-refractivity contribution < 1.29 is 14.3 Å². The van der Waals surface area contributed by atoms with Crippen LogP contribution < -0.4 is 5.32 Å². The second kappa shape index (κ2) is 9.53. The van der Waals surface area contributed by atoms with Gasteiger partial charge in [-0.25, -0.2) is 4.79 Å². The van der Waals surface area contributed by atoms with Crippen molar-refractivity contribution in [2.24, 2.45) is 0 Å². The summed E-state index contributed by atoms with van der Waals surface area (Å²) in [5.41, 5.74) is 1.70. The standard InChI is InChI=1S/C23H28N4O3S/c1-25(2)22(28)16-26-10-9-17-13-18(7-8-21(17)26)24-23(29)27(14-19-5-3-11-30-19)15-20-6-4-12-31-20/h4,6-10,12-13,19H,3,5,11,14-16H2,1-2H3,(H,24,29). The van der Waals surface area contributed by atoms with Crippen LogP contribution in [0.1, 0.15) is 17.7 Å². The highest BCUT2D eigenvalue weighted by atomic mass is 32.1. The number of fused-ring (bicyclic) bond motifs is 1. The minimum atomic E-state index is -0.134. The van der Waals surface area contributed by atoms with Gasteiger partial charge >= 0.3 is 6.03 Å². The number of hydrogen-bond acceptors (Lipinski definition) is 4. The molecule has 0 radical (unpaired) electrons. The van der Waals surface area contributed by atoms with E-state index in [-0.39, 0.29) is 24.6 Å². The van der Waals surface area contributed by atoms with E-state index < -0.39 is 0 Å². The van der Waals surface area contributed by atoms with E-state index in [9.17, 15) is 9.59 Å². The Hall–Kier alpha value is -2.84. The number of rotatable bonds is 7. The van der Waals surface area contributed by atoms with Crippen molar-refractivity contribution in [3.05, 3.63) is 52.9 Å². The minimum absolute atomic E-state index is 0.0354. The van der Waals surface area contributed by atoms with Crippen molar-refractivity contribution >= 4 is 39.9 Å². The molecule has 1 aliphatic rings. The molecule has 4 rings (SSSR count). The molecule has 31 heavy (non-hydrogen) atoms. The molecule has 1 N–H and O–H groups in total. The highest BCUT2D eigenvalue weighted by Crippen LogP contribution is 2.22. The first-order chi connectivity index (χ1) is 15.0. The van der Waals surface area contributed by atoms with Crippen molar-refractivity contribution in [1.82, 2.24) is 14.4 Å². The van der Waals surface area contributed by atoms with Crippen LogP contribution in [0.15, 0.2) is 48.0 Å². The lowest BCUT2D eigenvalue weighted by molar-refractivity contribution is -0.129. The van der Waals surface area contributed by atoms with Crippen LogP contribution in [0.4, 0.5) is 10.5 Å². The Morgan fingerprint density at radius 2 is 2.13 bits per heavy atom. The molecule has 1 fully saturated rings. The quantitative estimate of drug-likeness (QED) is 0.604. The minimum Gasteiger partial charge on any atom is -0.376 e. The van der Waals surface area contributed by atoms with E-state index in [2.05, 4.69) is 5.32 Å². The lowest BCUT2D eigenvalue weighted by atomic mass is 10.2. The smallest absolute Gasteiger partial charge is 0.322 e. The molecule has 0 aliphatic carbocycles. The van der Waals surface area contributed by atoms with Crippen LogP contribution in [0.5, 0.6) is 0 Å². The van der Waals surface area contributed by atoms with E-state index in [0.29, 0.717) is 13.1 Å². The van der Waals surface area contributed by atoms with Crippen molar-refractivity contribution in [2.45, 2.75) is 32.0 Å². The molecule has 0 bridgehead atoms. The Kier molecular flexibility index (Phi) is 6.58. The second-order valence-corrected chi connectivity index (χ2v) is 9.06. The van der Waals surface area contributed by atoms with Gasteiger partial charge in [0.25, 0.3) is 0 Å². The molecule has 7 nitrogen and oxygen atoms in total. The number of likely N-dealkylation sites (N-methyl/N-ethyl adjacent to an activating group) is 1. The summed E-state index contributed by atoms with van der Waals surface area (Å²) in [5.74, 6) is 0.0354. The molecule has 1 saturated heterocycles. The number of nitrogens with one attached hydrogen (secondary N) is 1. The number of anilines is 1. The van der Waals surface area contributed by atoms with Gasteiger partial charge in [0.2, 0.25) is 5.91 Å². The molecule has 8 heteroatoms. The number of nitrogens with zero attached hydrogens (tertiary/aromatic N) is 3. The summed E-state index contributed by atoms with van der Waals surface area (Å²) in [6, 6.07) is 11.6. The number of urea groups is 1. The zero-order valence-electron chi connectivity index (χ0n) is 17.9. The highest BCUT2D eigenvalue weighted by Gasteiger charge is 2.23. The predicted octanol–water partition coefficient (Wildman–Crippen LogP) is 4.00. The number of ether oxygens (including phenoxy) is 1. The zero-order chi connectivity index (χ0) is 21.8. The highest BCUT2D eigenvalue weighted by molar-refractivity contribution is 7.09. The average molecular weight is 441 g/mol. The fourth-order valence-corrected chi connectivity index (χ4v) is 4.47. The molecule has 2 aromatic heterocycles. The number of amides is 3. The SMILES string of the molecule is CN(C)C(=O)Cn1ccc2cc(NC(=O)N(Cc3cccs3)CC3CCCO3)ccc21. The van der Waals surface area contributed by atoms with E-state index in [1.807, 2.05) is 57.4 Å². The summed E-state index contributed by atoms with van der Waals surface area (Å²) in [6.45, 7) is 2.20. The molecule has 1 aliphatic heterocycles. The topological polar surface area (TPSA) is 66.8 Å². The van der Waals surface area contributed by atoms with Gasteiger partial charge in [0.15, 0.2) is 0 Å². The molecule has 164 valence electrons. The summed E-state index contributed by atoms with van der Waals surface area (Å²) in [6.07, 6.45) is 4.03. The molecule has 3 aromatic rings. The normalized spacial score (nSPS) is 15.9. The number of thiophene rings is 1. The van der Waals surface area contributed by atoms with Gasteiger partial charge < -0.3 is 24.4 Å². The Balaban J connectivity index is 1.47. The van der Waals surface area contributed by atoms with Gasteiger partial charge in [-0.05, 0) is 48.6 Å². The van der Waals surface area contributed by atoms with Gasteiger partial charge in [-0.3, -0.25) is 4.79 Å². The first-order valence-electron chi connectivity index (χ1n) is 10.5. The summed E-state index contributed by atoms with van der Waals surface area (Å²) in [7, 11) is 3.50. The van der Waals surface area contributed by atoms with E-state index in [1.54, 1.807) is 30.3 Å². The third-order valence-electron chi connectivity index (χ3n) is 5.49. The van der Waals surface area contributed by atoms with Gasteiger partial charge in [-0.1, -0.05) is 6.07 Å². The summed E-state index contributed by atoms with van der Waals surface area (Å²) in [5, 5.41) is 6.05. The molecule has 1 aromatic carbocycles. The van der Waals surface area contributed by atoms with Gasteiger partial charge in [-0.2, -0.15) is 0 Å². The molecular formula is C23H28N4O3S. The number of aromatic nitrogens is 1. The van der Waals surface area contributed by atoms with E-state index in [1.165, 1.54) is 0 Å². The predicted molar refractivity (Wildman–Crippen MR) is 123 cm³/mol. The third kappa shape index (κ3) is 5.26. The van der Waals surface area contributed by atoms with Crippen LogP contribution >= 0.6 is 11.3 Å². The Morgan fingerprint density at radius 3 is 2.84 bits per heavy atom. The summed E-state index contributed by atoms with van der Waals surface area (Å²) in [4.78, 5) is 29.7. The maximum Gasteiger partial charge on any atom is 0.322 e. The lowest BCUT2D eigenvalue weighted by Crippen LogP contribution is -2.39. The van der Waals surface area contributed by atoms with Gasteiger partial charge in [0.1, 0.15) is 6.54 Å². The van der Waals surface area contributed by atoms with Crippen LogP contribution in [-0.4, -0.2) is 59.7 Å². The molecule has 1 atom stereocenters. The van der Waals surface area contributed by atoms with Gasteiger partial charge in [0, 0.05) is 54.9 Å². The number of carbonyl (C=O) groups excluding carboxylic acids is 2. The Labute approximate surface area is 186 Å². The summed E-state index contributed by atoms with van der Waals surface area (Å²) >= 11 is 1.65. The molecule has 0 saturated carbocycles. The first kappa shape index (κ1) is 21.4. The number of benzene rings is 1. The number of carbonyl (C=O) groups is 2. The van der Waals surface area contributed by atoms with Crippen LogP contribution in [-0.2, 0) is 22.6 Å². The molecule has 3 heterocycles. The van der Waals surface area contributed by atoms with Gasteiger partial charge in [0.05, 0.1) is 12.6 Å². The van der Waals surface area contributed by atoms with E-state index in [4.69, 9.17) is 4.74 Å². The molecule has 1 unspecified atom stereocenters. The zero-order valence-corrected chi connectivity index (χ0v) is 18.7. The fraction of sp³-hybridized carbons (Fsp3) is 0.391. The average Bonchev–Trinajstić information content (AvgIpc) is 3.50. The van der Waals surface area contributed by atoms with Gasteiger partial charge in [-0.15, -0.1) is 11.3 Å². The maximum atomic E-state index is 13.1. The second-order valence-electron chi connectivity index (χ2n) is 8.03.